The van der Waals surface area contributed by atoms with Crippen molar-refractivity contribution in [2.45, 2.75) is 13.8 Å². The van der Waals surface area contributed by atoms with E-state index in [-0.39, 0.29) is 17.5 Å². The van der Waals surface area contributed by atoms with E-state index in [1.165, 1.54) is 35.3 Å². The molecule has 1 rings (SSSR count). The molecule has 0 saturated heterocycles. The van der Waals surface area contributed by atoms with Gasteiger partial charge in [-0.3, -0.25) is 9.59 Å². The van der Waals surface area contributed by atoms with Crippen LogP contribution in [0.3, 0.4) is 0 Å². The summed E-state index contributed by atoms with van der Waals surface area (Å²) in [4.78, 5) is 24.0. The summed E-state index contributed by atoms with van der Waals surface area (Å²) in [7, 11) is 0. The normalized spacial score (nSPS) is 11.1. The smallest absolute Gasteiger partial charge is 0.323 e. The van der Waals surface area contributed by atoms with Crippen molar-refractivity contribution < 1.29 is 19.1 Å². The first-order chi connectivity index (χ1) is 9.79. The van der Waals surface area contributed by atoms with Crippen molar-refractivity contribution >= 4 is 29.6 Å². The minimum Gasteiger partial charge on any atom is -0.480 e. The van der Waals surface area contributed by atoms with Gasteiger partial charge in [-0.05, 0) is 29.7 Å². The molecular formula is C15H17ClFNO3. The van der Waals surface area contributed by atoms with E-state index in [1.54, 1.807) is 0 Å². The topological polar surface area (TPSA) is 57.6 Å². The van der Waals surface area contributed by atoms with Crippen LogP contribution in [0.25, 0.3) is 6.08 Å². The number of carboxylic acids is 1. The van der Waals surface area contributed by atoms with Crippen LogP contribution in [0.4, 0.5) is 4.39 Å². The number of carbonyl (C=O) groups excluding carboxylic acids is 1. The standard InChI is InChI=1S/C15H17ClFNO3/c1-10(2)8-18(9-15(20)21)14(19)6-4-11-3-5-13(17)12(16)7-11/h3-7,10H,8-9H2,1-2H3,(H,20,21). The third kappa shape index (κ3) is 5.95. The van der Waals surface area contributed by atoms with Gasteiger partial charge in [-0.1, -0.05) is 31.5 Å². The minimum absolute atomic E-state index is 0.0332. The zero-order valence-corrected chi connectivity index (χ0v) is 12.6. The van der Waals surface area contributed by atoms with E-state index < -0.39 is 17.7 Å². The molecule has 0 heterocycles. The highest BCUT2D eigenvalue weighted by Crippen LogP contribution is 2.17. The Labute approximate surface area is 127 Å². The summed E-state index contributed by atoms with van der Waals surface area (Å²) in [5.74, 6) is -1.86. The number of hydrogen-bond acceptors (Lipinski definition) is 2. The number of hydrogen-bond donors (Lipinski definition) is 1. The number of rotatable bonds is 6. The molecule has 0 aliphatic carbocycles. The second-order valence-corrected chi connectivity index (χ2v) is 5.42. The van der Waals surface area contributed by atoms with Crippen LogP contribution in [0.15, 0.2) is 24.3 Å². The SMILES string of the molecule is CC(C)CN(CC(=O)O)C(=O)C=Cc1ccc(F)c(Cl)c1. The molecule has 0 atom stereocenters. The molecule has 1 N–H and O–H groups in total. The lowest BCUT2D eigenvalue weighted by Crippen LogP contribution is -2.37. The van der Waals surface area contributed by atoms with Crippen molar-refractivity contribution in [3.8, 4) is 0 Å². The molecule has 1 aromatic rings. The van der Waals surface area contributed by atoms with Gasteiger partial charge in [0.2, 0.25) is 5.91 Å². The van der Waals surface area contributed by atoms with E-state index >= 15 is 0 Å². The Balaban J connectivity index is 2.81. The first-order valence-corrected chi connectivity index (χ1v) is 6.81. The third-order valence-corrected chi connectivity index (χ3v) is 2.87. The molecule has 21 heavy (non-hydrogen) atoms. The molecular weight excluding hydrogens is 297 g/mol. The van der Waals surface area contributed by atoms with Gasteiger partial charge in [0.05, 0.1) is 5.02 Å². The molecule has 0 unspecified atom stereocenters. The maximum absolute atomic E-state index is 13.0. The molecule has 6 heteroatoms. The molecule has 1 aromatic carbocycles. The lowest BCUT2D eigenvalue weighted by Gasteiger charge is -2.21. The number of carbonyl (C=O) groups is 2. The quantitative estimate of drug-likeness (QED) is 0.821. The van der Waals surface area contributed by atoms with Crippen LogP contribution in [0, 0.1) is 11.7 Å². The number of aliphatic carboxylic acids is 1. The number of amides is 1. The Morgan fingerprint density at radius 2 is 2.10 bits per heavy atom. The van der Waals surface area contributed by atoms with Gasteiger partial charge in [-0.2, -0.15) is 0 Å². The van der Waals surface area contributed by atoms with Crippen molar-refractivity contribution in [3.63, 3.8) is 0 Å². The predicted molar refractivity (Wildman–Crippen MR) is 79.5 cm³/mol. The van der Waals surface area contributed by atoms with Crippen molar-refractivity contribution in [3.05, 3.63) is 40.7 Å². The summed E-state index contributed by atoms with van der Waals surface area (Å²) >= 11 is 5.65. The Morgan fingerprint density at radius 3 is 2.62 bits per heavy atom. The van der Waals surface area contributed by atoms with Gasteiger partial charge in [0, 0.05) is 12.6 Å². The highest BCUT2D eigenvalue weighted by Gasteiger charge is 2.15. The van der Waals surface area contributed by atoms with E-state index in [9.17, 15) is 14.0 Å². The summed E-state index contributed by atoms with van der Waals surface area (Å²) in [6.45, 7) is 3.78. The maximum Gasteiger partial charge on any atom is 0.323 e. The van der Waals surface area contributed by atoms with Crippen molar-refractivity contribution in [2.24, 2.45) is 5.92 Å². The highest BCUT2D eigenvalue weighted by atomic mass is 35.5. The van der Waals surface area contributed by atoms with Crippen LogP contribution in [0.1, 0.15) is 19.4 Å². The molecule has 0 spiro atoms. The first-order valence-electron chi connectivity index (χ1n) is 6.43. The number of carboxylic acid groups (broad SMARTS) is 1. The molecule has 0 saturated carbocycles. The Morgan fingerprint density at radius 1 is 1.43 bits per heavy atom. The molecule has 0 bridgehead atoms. The Hall–Kier alpha value is -1.88. The minimum atomic E-state index is -1.07. The fourth-order valence-electron chi connectivity index (χ4n) is 1.73. The Kier molecular flexibility index (Phi) is 6.37. The van der Waals surface area contributed by atoms with Gasteiger partial charge in [-0.15, -0.1) is 0 Å². The molecule has 0 aliphatic heterocycles. The largest absolute Gasteiger partial charge is 0.480 e. The molecule has 0 fully saturated rings. The van der Waals surface area contributed by atoms with Crippen LogP contribution in [0.5, 0.6) is 0 Å². The summed E-state index contributed by atoms with van der Waals surface area (Å²) in [5.41, 5.74) is 0.564. The second kappa shape index (κ2) is 7.78. The number of benzene rings is 1. The molecule has 4 nitrogen and oxygen atoms in total. The Bertz CT molecular complexity index is 558. The first kappa shape index (κ1) is 17.2. The van der Waals surface area contributed by atoms with Gasteiger partial charge in [0.15, 0.2) is 0 Å². The van der Waals surface area contributed by atoms with Crippen LogP contribution >= 0.6 is 11.6 Å². The van der Waals surface area contributed by atoms with E-state index in [1.807, 2.05) is 13.8 Å². The third-order valence-electron chi connectivity index (χ3n) is 2.59. The molecule has 0 aromatic heterocycles. The summed E-state index contributed by atoms with van der Waals surface area (Å²) in [6.07, 6.45) is 2.73. The molecule has 0 aliphatic rings. The van der Waals surface area contributed by atoms with Crippen molar-refractivity contribution in [2.75, 3.05) is 13.1 Å². The van der Waals surface area contributed by atoms with Gasteiger partial charge in [-0.25, -0.2) is 4.39 Å². The summed E-state index contributed by atoms with van der Waals surface area (Å²) in [5, 5.41) is 8.79. The van der Waals surface area contributed by atoms with Crippen molar-refractivity contribution in [1.29, 1.82) is 0 Å². The fraction of sp³-hybridized carbons (Fsp3) is 0.333. The number of nitrogens with zero attached hydrogens (tertiary/aromatic N) is 1. The highest BCUT2D eigenvalue weighted by molar-refractivity contribution is 6.30. The fourth-order valence-corrected chi connectivity index (χ4v) is 1.91. The average Bonchev–Trinajstić information content (AvgIpc) is 2.38. The lowest BCUT2D eigenvalue weighted by atomic mass is 10.2. The van der Waals surface area contributed by atoms with Gasteiger partial charge < -0.3 is 10.0 Å². The lowest BCUT2D eigenvalue weighted by molar-refractivity contribution is -0.143. The molecule has 114 valence electrons. The molecule has 1 amide bonds. The maximum atomic E-state index is 13.0. The van der Waals surface area contributed by atoms with E-state index in [4.69, 9.17) is 16.7 Å². The van der Waals surface area contributed by atoms with Crippen LogP contribution < -0.4 is 0 Å². The second-order valence-electron chi connectivity index (χ2n) is 5.01. The summed E-state index contributed by atoms with van der Waals surface area (Å²) in [6, 6.07) is 4.08. The predicted octanol–water partition coefficient (Wildman–Crippen LogP) is 3.06. The van der Waals surface area contributed by atoms with Gasteiger partial charge in [0.1, 0.15) is 12.4 Å². The van der Waals surface area contributed by atoms with Crippen molar-refractivity contribution in [1.82, 2.24) is 4.90 Å². The zero-order valence-electron chi connectivity index (χ0n) is 11.8. The van der Waals surface area contributed by atoms with Crippen LogP contribution in [0.2, 0.25) is 5.02 Å². The van der Waals surface area contributed by atoms with Crippen LogP contribution in [-0.2, 0) is 9.59 Å². The zero-order chi connectivity index (χ0) is 16.0. The van der Waals surface area contributed by atoms with E-state index in [0.29, 0.717) is 12.1 Å². The monoisotopic (exact) mass is 313 g/mol. The van der Waals surface area contributed by atoms with Gasteiger partial charge in [0.25, 0.3) is 0 Å². The van der Waals surface area contributed by atoms with Crippen LogP contribution in [-0.4, -0.2) is 35.0 Å². The molecule has 0 radical (unpaired) electrons. The van der Waals surface area contributed by atoms with E-state index in [0.717, 1.165) is 0 Å². The summed E-state index contributed by atoms with van der Waals surface area (Å²) < 4.78 is 13.0. The van der Waals surface area contributed by atoms with E-state index in [2.05, 4.69) is 0 Å². The van der Waals surface area contributed by atoms with Gasteiger partial charge >= 0.3 is 5.97 Å². The average molecular weight is 314 g/mol. The number of halogens is 2.